The molecular weight excluding hydrogens is 399 g/mol. The van der Waals surface area contributed by atoms with Crippen molar-refractivity contribution in [3.05, 3.63) is 70.3 Å². The van der Waals surface area contributed by atoms with Gasteiger partial charge in [-0.1, -0.05) is 29.4 Å². The summed E-state index contributed by atoms with van der Waals surface area (Å²) in [4.78, 5) is 22.5. The molecule has 9 heteroatoms. The fourth-order valence-corrected chi connectivity index (χ4v) is 2.74. The van der Waals surface area contributed by atoms with Gasteiger partial charge in [0.1, 0.15) is 7.11 Å². The van der Waals surface area contributed by atoms with Gasteiger partial charge in [0.15, 0.2) is 12.3 Å². The third-order valence-electron chi connectivity index (χ3n) is 4.35. The highest BCUT2D eigenvalue weighted by atomic mass is 19.4. The van der Waals surface area contributed by atoms with Crippen LogP contribution in [-0.2, 0) is 27.3 Å². The van der Waals surface area contributed by atoms with Crippen LogP contribution in [-0.4, -0.2) is 31.5 Å². The average molecular weight is 422 g/mol. The number of hydrogen-bond donors (Lipinski definition) is 2. The highest BCUT2D eigenvalue weighted by Crippen LogP contribution is 2.29. The fourth-order valence-electron chi connectivity index (χ4n) is 2.74. The predicted octanol–water partition coefficient (Wildman–Crippen LogP) is 2.13. The first-order valence-corrected chi connectivity index (χ1v) is 9.00. The van der Waals surface area contributed by atoms with Crippen molar-refractivity contribution in [3.8, 4) is 0 Å². The van der Waals surface area contributed by atoms with Gasteiger partial charge in [0.2, 0.25) is 5.71 Å². The van der Waals surface area contributed by atoms with Crippen molar-refractivity contribution in [3.63, 3.8) is 0 Å². The molecular formula is C21H23F3N3O3+. The lowest BCUT2D eigenvalue weighted by atomic mass is 9.98. The number of carbonyl (C=O) groups excluding carboxylic acids is 1. The summed E-state index contributed by atoms with van der Waals surface area (Å²) >= 11 is 0. The number of hydrogen-bond acceptors (Lipinski definition) is 4. The van der Waals surface area contributed by atoms with E-state index in [1.165, 1.54) is 20.2 Å². The molecule has 0 bridgehead atoms. The summed E-state index contributed by atoms with van der Waals surface area (Å²) in [6.45, 7) is 3.49. The minimum atomic E-state index is -4.43. The molecule has 0 fully saturated rings. The van der Waals surface area contributed by atoms with Crippen LogP contribution in [0.5, 0.6) is 0 Å². The molecule has 160 valence electrons. The molecule has 0 unspecified atom stereocenters. The van der Waals surface area contributed by atoms with Gasteiger partial charge in [0, 0.05) is 30.7 Å². The maximum atomic E-state index is 12.9. The Hall–Kier alpha value is -3.36. The highest BCUT2D eigenvalue weighted by molar-refractivity contribution is 6.45. The molecule has 0 atom stereocenters. The second-order valence-electron chi connectivity index (χ2n) is 6.40. The molecule has 0 saturated heterocycles. The molecule has 2 aromatic carbocycles. The number of amides is 1. The molecule has 0 aliphatic heterocycles. The molecule has 2 N–H and O–H groups in total. The first-order chi connectivity index (χ1) is 14.2. The lowest BCUT2D eigenvalue weighted by molar-refractivity contribution is -0.758. The van der Waals surface area contributed by atoms with Crippen LogP contribution < -0.4 is 10.5 Å². The van der Waals surface area contributed by atoms with Gasteiger partial charge in [0.25, 0.3) is 5.91 Å². The zero-order valence-electron chi connectivity index (χ0n) is 17.1. The molecule has 2 rings (SSSR count). The van der Waals surface area contributed by atoms with Gasteiger partial charge < -0.3 is 10.2 Å². The van der Waals surface area contributed by atoms with Crippen LogP contribution in [0.25, 0.3) is 0 Å². The van der Waals surface area contributed by atoms with E-state index in [0.29, 0.717) is 22.4 Å². The minimum Gasteiger partial charge on any atom is -0.398 e. The van der Waals surface area contributed by atoms with E-state index in [4.69, 9.17) is 9.68 Å². The lowest BCUT2D eigenvalue weighted by Gasteiger charge is -2.11. The summed E-state index contributed by atoms with van der Waals surface area (Å²) in [6.07, 6.45) is -4.43. The van der Waals surface area contributed by atoms with Gasteiger partial charge in [-0.3, -0.25) is 9.63 Å². The van der Waals surface area contributed by atoms with Crippen LogP contribution in [0.3, 0.4) is 0 Å². The molecule has 1 amide bonds. The molecule has 0 radical (unpaired) electrons. The van der Waals surface area contributed by atoms with Crippen LogP contribution in [0.4, 0.5) is 13.2 Å². The maximum Gasteiger partial charge on any atom is 0.416 e. The number of benzene rings is 2. The molecule has 0 saturated carbocycles. The normalized spacial score (nSPS) is 12.5. The zero-order chi connectivity index (χ0) is 22.3. The Bertz CT molecular complexity index is 969. The number of nitrogens with one attached hydrogen (secondary N) is 2. The number of rotatable bonds is 7. The van der Waals surface area contributed by atoms with Gasteiger partial charge in [-0.15, -0.1) is 0 Å². The quantitative estimate of drug-likeness (QED) is 0.530. The van der Waals surface area contributed by atoms with E-state index in [9.17, 15) is 18.0 Å². The minimum absolute atomic E-state index is 0.0397. The summed E-state index contributed by atoms with van der Waals surface area (Å²) < 4.78 is 38.7. The van der Waals surface area contributed by atoms with E-state index in [1.54, 1.807) is 25.1 Å². The topological polar surface area (TPSA) is 73.9 Å². The lowest BCUT2D eigenvalue weighted by Crippen LogP contribution is -2.71. The average Bonchev–Trinajstić information content (AvgIpc) is 2.72. The molecule has 0 heterocycles. The molecule has 0 aliphatic rings. The third-order valence-corrected chi connectivity index (χ3v) is 4.35. The van der Waals surface area contributed by atoms with Crippen molar-refractivity contribution in [1.82, 2.24) is 5.32 Å². The van der Waals surface area contributed by atoms with Crippen LogP contribution in [0.1, 0.15) is 34.7 Å². The second kappa shape index (κ2) is 9.91. The number of aryl methyl sites for hydroxylation is 1. The highest BCUT2D eigenvalue weighted by Gasteiger charge is 2.30. The number of alkyl halides is 3. The largest absolute Gasteiger partial charge is 0.416 e. The third kappa shape index (κ3) is 5.59. The van der Waals surface area contributed by atoms with Crippen molar-refractivity contribution in [1.29, 1.82) is 0 Å². The Kier molecular flexibility index (Phi) is 7.57. The van der Waals surface area contributed by atoms with Gasteiger partial charge in [-0.05, 0) is 35.8 Å². The molecule has 6 nitrogen and oxygen atoms in total. The van der Waals surface area contributed by atoms with Crippen molar-refractivity contribution in [2.75, 3.05) is 14.2 Å². The van der Waals surface area contributed by atoms with Gasteiger partial charge in [0.05, 0.1) is 5.56 Å². The van der Waals surface area contributed by atoms with Crippen molar-refractivity contribution >= 4 is 17.3 Å². The van der Waals surface area contributed by atoms with Crippen LogP contribution in [0.15, 0.2) is 47.6 Å². The summed E-state index contributed by atoms with van der Waals surface area (Å²) in [5.41, 5.74) is 2.15. The molecule has 30 heavy (non-hydrogen) atoms. The smallest absolute Gasteiger partial charge is 0.398 e. The van der Waals surface area contributed by atoms with E-state index in [0.717, 1.165) is 17.7 Å². The second-order valence-corrected chi connectivity index (χ2v) is 6.40. The maximum absolute atomic E-state index is 12.9. The number of likely N-dealkylation sites (N-methyl/N-ethyl adjacent to an activating group) is 1. The monoisotopic (exact) mass is 422 g/mol. The Morgan fingerprint density at radius 1 is 1.20 bits per heavy atom. The molecule has 2 aromatic rings. The Labute approximate surface area is 172 Å². The van der Waals surface area contributed by atoms with E-state index in [1.807, 2.05) is 13.0 Å². The van der Waals surface area contributed by atoms with E-state index >= 15 is 0 Å². The number of carbonyl (C=O) groups is 1. The summed E-state index contributed by atoms with van der Waals surface area (Å²) in [7, 11) is 2.82. The first kappa shape index (κ1) is 22.9. The van der Waals surface area contributed by atoms with E-state index in [-0.39, 0.29) is 12.3 Å². The summed E-state index contributed by atoms with van der Waals surface area (Å²) in [6, 6.07) is 10.3. The molecule has 0 spiro atoms. The fraction of sp³-hybridized carbons (Fsp3) is 0.286. The Morgan fingerprint density at radius 2 is 1.90 bits per heavy atom. The molecule has 0 aromatic heterocycles. The predicted molar refractivity (Wildman–Crippen MR) is 106 cm³/mol. The first-order valence-electron chi connectivity index (χ1n) is 9.00. The van der Waals surface area contributed by atoms with Gasteiger partial charge in [-0.25, -0.2) is 0 Å². The van der Waals surface area contributed by atoms with Crippen molar-refractivity contribution in [2.45, 2.75) is 26.6 Å². The standard InChI is InChI=1S/C21H22F3N3O3/c1-13-7-5-10-17(19(27-29-4)20(28)25-3)18(13)12-30-26-14(2)15-8-6-9-16(11-15)21(22,23)24/h5-11H,12H2,1-4H3,(H,25,28)/p+1/b26-14+,27-19+. The summed E-state index contributed by atoms with van der Waals surface area (Å²) in [5.74, 6) is -0.427. The van der Waals surface area contributed by atoms with E-state index < -0.39 is 17.6 Å². The molecule has 0 aliphatic carbocycles. The Morgan fingerprint density at radius 3 is 2.53 bits per heavy atom. The van der Waals surface area contributed by atoms with Gasteiger partial charge in [-0.2, -0.15) is 13.2 Å². The number of oxime groups is 1. The van der Waals surface area contributed by atoms with Crippen LogP contribution in [0, 0.1) is 6.92 Å². The van der Waals surface area contributed by atoms with Crippen molar-refractivity contribution in [2.24, 2.45) is 5.16 Å². The summed E-state index contributed by atoms with van der Waals surface area (Å²) in [5, 5.41) is 8.99. The zero-order valence-corrected chi connectivity index (χ0v) is 17.1. The van der Waals surface area contributed by atoms with Crippen LogP contribution in [0.2, 0.25) is 0 Å². The van der Waals surface area contributed by atoms with Crippen molar-refractivity contribution < 1.29 is 32.8 Å². The number of nitrogens with zero attached hydrogens (tertiary/aromatic N) is 1. The number of halogens is 3. The van der Waals surface area contributed by atoms with E-state index in [2.05, 4.69) is 15.6 Å². The van der Waals surface area contributed by atoms with Gasteiger partial charge >= 0.3 is 6.18 Å². The Balaban J connectivity index is 2.28. The van der Waals surface area contributed by atoms with Crippen LogP contribution >= 0.6 is 0 Å². The SMILES string of the molecule is CNC(=O)/C(=N/OC)c1cccc(C)c1CO/[NH+]=C(\C)c1cccc(C(F)(F)F)c1.